The third kappa shape index (κ3) is 5.97. The van der Waals surface area contributed by atoms with E-state index < -0.39 is 5.97 Å². The van der Waals surface area contributed by atoms with Crippen LogP contribution in [0.15, 0.2) is 0 Å². The van der Waals surface area contributed by atoms with Crippen molar-refractivity contribution in [1.82, 2.24) is 5.32 Å². The van der Waals surface area contributed by atoms with E-state index in [2.05, 4.69) is 33.0 Å². The second kappa shape index (κ2) is 6.82. The van der Waals surface area contributed by atoms with Crippen LogP contribution in [0.5, 0.6) is 0 Å². The molecule has 0 saturated heterocycles. The highest BCUT2D eigenvalue weighted by Gasteiger charge is 2.16. The zero-order valence-corrected chi connectivity index (χ0v) is 9.71. The Kier molecular flexibility index (Phi) is 6.54. The molecule has 0 bridgehead atoms. The molecule has 0 aliphatic rings. The van der Waals surface area contributed by atoms with Crippen LogP contribution in [-0.4, -0.2) is 24.2 Å². The minimum atomic E-state index is -0.733. The SMILES string of the molecule is CC(C)C(CNCCC(=O)O)C(C)C. The first-order valence-corrected chi connectivity index (χ1v) is 5.37. The number of hydrogen-bond donors (Lipinski definition) is 2. The van der Waals surface area contributed by atoms with Crippen molar-refractivity contribution in [2.45, 2.75) is 34.1 Å². The minimum Gasteiger partial charge on any atom is -0.481 e. The molecule has 0 unspecified atom stereocenters. The molecule has 3 heteroatoms. The molecule has 2 N–H and O–H groups in total. The Labute approximate surface area is 86.9 Å². The maximum Gasteiger partial charge on any atom is 0.304 e. The molecule has 0 atom stereocenters. The van der Waals surface area contributed by atoms with Crippen molar-refractivity contribution in [3.63, 3.8) is 0 Å². The summed E-state index contributed by atoms with van der Waals surface area (Å²) in [6.45, 7) is 10.3. The number of rotatable bonds is 7. The van der Waals surface area contributed by atoms with Crippen LogP contribution in [0.2, 0.25) is 0 Å². The van der Waals surface area contributed by atoms with E-state index in [1.165, 1.54) is 0 Å². The maximum atomic E-state index is 10.3. The van der Waals surface area contributed by atoms with Crippen LogP contribution in [0.25, 0.3) is 0 Å². The average Bonchev–Trinajstić information content (AvgIpc) is 2.01. The molecule has 0 aromatic carbocycles. The Morgan fingerprint density at radius 1 is 1.21 bits per heavy atom. The summed E-state index contributed by atoms with van der Waals surface area (Å²) in [6.07, 6.45) is 0.211. The highest BCUT2D eigenvalue weighted by atomic mass is 16.4. The predicted octanol–water partition coefficient (Wildman–Crippen LogP) is 1.98. The van der Waals surface area contributed by atoms with Crippen LogP contribution < -0.4 is 5.32 Å². The van der Waals surface area contributed by atoms with Gasteiger partial charge in [-0.25, -0.2) is 0 Å². The molecular weight excluding hydrogens is 178 g/mol. The van der Waals surface area contributed by atoms with E-state index in [-0.39, 0.29) is 6.42 Å². The number of hydrogen-bond acceptors (Lipinski definition) is 2. The minimum absolute atomic E-state index is 0.211. The number of carboxylic acids is 1. The molecule has 0 heterocycles. The highest BCUT2D eigenvalue weighted by molar-refractivity contribution is 5.66. The van der Waals surface area contributed by atoms with E-state index in [0.717, 1.165) is 6.54 Å². The van der Waals surface area contributed by atoms with Gasteiger partial charge in [0.25, 0.3) is 0 Å². The molecule has 3 nitrogen and oxygen atoms in total. The number of nitrogens with one attached hydrogen (secondary N) is 1. The Balaban J connectivity index is 3.67. The molecule has 0 saturated carbocycles. The smallest absolute Gasteiger partial charge is 0.304 e. The van der Waals surface area contributed by atoms with Gasteiger partial charge in [0.1, 0.15) is 0 Å². The fraction of sp³-hybridized carbons (Fsp3) is 0.909. The van der Waals surface area contributed by atoms with E-state index >= 15 is 0 Å². The van der Waals surface area contributed by atoms with Crippen LogP contribution in [0.4, 0.5) is 0 Å². The zero-order valence-electron chi connectivity index (χ0n) is 9.71. The Morgan fingerprint density at radius 2 is 1.71 bits per heavy atom. The molecule has 0 rings (SSSR count). The van der Waals surface area contributed by atoms with Crippen molar-refractivity contribution in [3.8, 4) is 0 Å². The third-order valence-corrected chi connectivity index (χ3v) is 2.61. The standard InChI is InChI=1S/C11H23NO2/c1-8(2)10(9(3)4)7-12-6-5-11(13)14/h8-10,12H,5-7H2,1-4H3,(H,13,14). The predicted molar refractivity (Wildman–Crippen MR) is 58.3 cm³/mol. The van der Waals surface area contributed by atoms with Crippen LogP contribution in [0.1, 0.15) is 34.1 Å². The third-order valence-electron chi connectivity index (χ3n) is 2.61. The second-order valence-corrected chi connectivity index (χ2v) is 4.50. The van der Waals surface area contributed by atoms with Gasteiger partial charge in [-0.1, -0.05) is 27.7 Å². The molecule has 14 heavy (non-hydrogen) atoms. The van der Waals surface area contributed by atoms with E-state index in [1.807, 2.05) is 0 Å². The average molecular weight is 201 g/mol. The van der Waals surface area contributed by atoms with E-state index in [4.69, 9.17) is 5.11 Å². The van der Waals surface area contributed by atoms with Crippen LogP contribution >= 0.6 is 0 Å². The fourth-order valence-electron chi connectivity index (χ4n) is 1.71. The van der Waals surface area contributed by atoms with Crippen molar-refractivity contribution in [2.24, 2.45) is 17.8 Å². The van der Waals surface area contributed by atoms with Crippen LogP contribution in [0, 0.1) is 17.8 Å². The highest BCUT2D eigenvalue weighted by Crippen LogP contribution is 2.19. The van der Waals surface area contributed by atoms with Gasteiger partial charge in [-0.05, 0) is 24.3 Å². The Bertz CT molecular complexity index is 159. The van der Waals surface area contributed by atoms with E-state index in [1.54, 1.807) is 0 Å². The van der Waals surface area contributed by atoms with Gasteiger partial charge in [-0.2, -0.15) is 0 Å². The number of carbonyl (C=O) groups is 1. The first-order chi connectivity index (χ1) is 6.45. The monoisotopic (exact) mass is 201 g/mol. The fourth-order valence-corrected chi connectivity index (χ4v) is 1.71. The number of aliphatic carboxylic acids is 1. The lowest BCUT2D eigenvalue weighted by atomic mass is 9.85. The summed E-state index contributed by atoms with van der Waals surface area (Å²) in [5.74, 6) is 1.19. The van der Waals surface area contributed by atoms with Gasteiger partial charge in [-0.15, -0.1) is 0 Å². The second-order valence-electron chi connectivity index (χ2n) is 4.50. The molecule has 0 aromatic heterocycles. The molecular formula is C11H23NO2. The molecule has 0 spiro atoms. The quantitative estimate of drug-likeness (QED) is 0.619. The zero-order chi connectivity index (χ0) is 11.1. The molecule has 0 aliphatic heterocycles. The lowest BCUT2D eigenvalue weighted by Gasteiger charge is -2.25. The molecule has 0 aliphatic carbocycles. The van der Waals surface area contributed by atoms with Gasteiger partial charge < -0.3 is 10.4 Å². The molecule has 0 fully saturated rings. The lowest BCUT2D eigenvalue weighted by molar-refractivity contribution is -0.136. The number of carboxylic acid groups (broad SMARTS) is 1. The topological polar surface area (TPSA) is 49.3 Å². The maximum absolute atomic E-state index is 10.3. The van der Waals surface area contributed by atoms with Crippen molar-refractivity contribution < 1.29 is 9.90 Å². The van der Waals surface area contributed by atoms with Crippen molar-refractivity contribution in [2.75, 3.05) is 13.1 Å². The van der Waals surface area contributed by atoms with Gasteiger partial charge in [-0.3, -0.25) is 4.79 Å². The summed E-state index contributed by atoms with van der Waals surface area (Å²) in [5, 5.41) is 11.7. The van der Waals surface area contributed by atoms with Gasteiger partial charge in [0.2, 0.25) is 0 Å². The summed E-state index contributed by atoms with van der Waals surface area (Å²) in [4.78, 5) is 10.3. The Morgan fingerprint density at radius 3 is 2.07 bits per heavy atom. The summed E-state index contributed by atoms with van der Waals surface area (Å²) < 4.78 is 0. The first kappa shape index (κ1) is 13.4. The molecule has 0 amide bonds. The normalized spacial score (nSPS) is 11.6. The van der Waals surface area contributed by atoms with Crippen molar-refractivity contribution in [3.05, 3.63) is 0 Å². The van der Waals surface area contributed by atoms with Gasteiger partial charge in [0.15, 0.2) is 0 Å². The lowest BCUT2D eigenvalue weighted by Crippen LogP contribution is -2.31. The summed E-state index contributed by atoms with van der Waals surface area (Å²) >= 11 is 0. The summed E-state index contributed by atoms with van der Waals surface area (Å²) in [6, 6.07) is 0. The van der Waals surface area contributed by atoms with E-state index in [0.29, 0.717) is 24.3 Å². The van der Waals surface area contributed by atoms with Crippen LogP contribution in [0.3, 0.4) is 0 Å². The first-order valence-electron chi connectivity index (χ1n) is 5.37. The van der Waals surface area contributed by atoms with Gasteiger partial charge >= 0.3 is 5.97 Å². The molecule has 0 aromatic rings. The Hall–Kier alpha value is -0.570. The summed E-state index contributed by atoms with van der Waals surface area (Å²) in [5.41, 5.74) is 0. The summed E-state index contributed by atoms with van der Waals surface area (Å²) in [7, 11) is 0. The van der Waals surface area contributed by atoms with Crippen molar-refractivity contribution in [1.29, 1.82) is 0 Å². The van der Waals surface area contributed by atoms with E-state index in [9.17, 15) is 4.79 Å². The molecule has 0 radical (unpaired) electrons. The van der Waals surface area contributed by atoms with Crippen LogP contribution in [-0.2, 0) is 4.79 Å². The van der Waals surface area contributed by atoms with Crippen molar-refractivity contribution >= 4 is 5.97 Å². The molecule has 84 valence electrons. The largest absolute Gasteiger partial charge is 0.481 e. The van der Waals surface area contributed by atoms with Gasteiger partial charge in [0, 0.05) is 6.54 Å². The van der Waals surface area contributed by atoms with Gasteiger partial charge in [0.05, 0.1) is 6.42 Å².